The van der Waals surface area contributed by atoms with Crippen molar-refractivity contribution in [2.24, 2.45) is 0 Å². The average molecular weight is 242 g/mol. The van der Waals surface area contributed by atoms with E-state index in [1.807, 2.05) is 0 Å². The molecule has 0 saturated heterocycles. The van der Waals surface area contributed by atoms with Crippen LogP contribution in [-0.4, -0.2) is 34.9 Å². The minimum Gasteiger partial charge on any atom is -0.450 e. The van der Waals surface area contributed by atoms with Gasteiger partial charge < -0.3 is 14.6 Å². The number of hydrogen-bond donors (Lipinski definition) is 1. The van der Waals surface area contributed by atoms with Crippen LogP contribution in [0.25, 0.3) is 0 Å². The molecule has 0 saturated carbocycles. The lowest BCUT2D eigenvalue weighted by molar-refractivity contribution is -0.155. The van der Waals surface area contributed by atoms with Gasteiger partial charge in [-0.2, -0.15) is 0 Å². The molecule has 0 aromatic rings. The lowest BCUT2D eigenvalue weighted by Crippen LogP contribution is -2.24. The Labute approximate surface area is 101 Å². The summed E-state index contributed by atoms with van der Waals surface area (Å²) in [5, 5.41) is 8.89. The summed E-state index contributed by atoms with van der Waals surface area (Å²) in [6.45, 7) is 7.96. The van der Waals surface area contributed by atoms with Crippen LogP contribution in [0.1, 0.15) is 34.6 Å². The molecule has 0 fully saturated rings. The highest BCUT2D eigenvalue weighted by atomic mass is 16.6. The first-order valence-corrected chi connectivity index (χ1v) is 5.25. The molecule has 96 valence electrons. The Kier molecular flexibility index (Phi) is 5.69. The van der Waals surface area contributed by atoms with Crippen LogP contribution in [0.4, 0.5) is 0 Å². The Bertz CT molecular complexity index is 340. The molecule has 0 bridgehead atoms. The van der Waals surface area contributed by atoms with E-state index in [4.69, 9.17) is 14.6 Å². The van der Waals surface area contributed by atoms with E-state index in [-0.39, 0.29) is 0 Å². The normalized spacial score (nSPS) is 14.0. The zero-order valence-corrected chi connectivity index (χ0v) is 10.7. The Morgan fingerprint density at radius 1 is 1.24 bits per heavy atom. The Morgan fingerprint density at radius 3 is 2.18 bits per heavy atom. The Morgan fingerprint density at radius 2 is 1.76 bits per heavy atom. The molecule has 0 amide bonds. The number of aliphatic hydroxyl groups excluding tert-OH is 1. The van der Waals surface area contributed by atoms with Gasteiger partial charge in [0.05, 0.1) is 0 Å². The first kappa shape index (κ1) is 15.5. The lowest BCUT2D eigenvalue weighted by Gasteiger charge is -2.17. The number of carbonyl (C=O) groups excluding carboxylic acids is 2. The fourth-order valence-corrected chi connectivity index (χ4v) is 0.766. The number of rotatable bonds is 2. The third-order valence-corrected chi connectivity index (χ3v) is 1.41. The van der Waals surface area contributed by atoms with Gasteiger partial charge in [0.1, 0.15) is 11.7 Å². The first-order chi connectivity index (χ1) is 7.61. The smallest absolute Gasteiger partial charge is 0.384 e. The summed E-state index contributed by atoms with van der Waals surface area (Å²) in [5.74, 6) is 3.16. The van der Waals surface area contributed by atoms with Crippen LogP contribution in [0.3, 0.4) is 0 Å². The van der Waals surface area contributed by atoms with Crippen LogP contribution in [0.15, 0.2) is 0 Å². The second-order valence-corrected chi connectivity index (χ2v) is 4.53. The lowest BCUT2D eigenvalue weighted by atomic mass is 10.2. The van der Waals surface area contributed by atoms with Gasteiger partial charge in [-0.25, -0.2) is 9.59 Å². The molecule has 2 atom stereocenters. The summed E-state index contributed by atoms with van der Waals surface area (Å²) in [7, 11) is 0. The summed E-state index contributed by atoms with van der Waals surface area (Å²) in [4.78, 5) is 22.2. The molecule has 0 aliphatic heterocycles. The maximum Gasteiger partial charge on any atom is 0.384 e. The third-order valence-electron chi connectivity index (χ3n) is 1.41. The zero-order chi connectivity index (χ0) is 13.6. The molecule has 0 spiro atoms. The van der Waals surface area contributed by atoms with E-state index in [1.165, 1.54) is 13.8 Å². The van der Waals surface area contributed by atoms with Crippen molar-refractivity contribution in [3.8, 4) is 11.8 Å². The Balaban J connectivity index is 4.26. The van der Waals surface area contributed by atoms with Gasteiger partial charge in [-0.05, 0) is 40.5 Å². The van der Waals surface area contributed by atoms with E-state index in [0.29, 0.717) is 0 Å². The Hall–Kier alpha value is -1.54. The fourth-order valence-electron chi connectivity index (χ4n) is 0.766. The van der Waals surface area contributed by atoms with Gasteiger partial charge in [0.25, 0.3) is 0 Å². The predicted octanol–water partition coefficient (Wildman–Crippen LogP) is 0.644. The van der Waals surface area contributed by atoms with Crippen molar-refractivity contribution >= 4 is 11.9 Å². The molecule has 0 rings (SSSR count). The maximum atomic E-state index is 11.2. The van der Waals surface area contributed by atoms with E-state index in [2.05, 4.69) is 11.8 Å². The number of carbonyl (C=O) groups is 2. The van der Waals surface area contributed by atoms with Gasteiger partial charge in [0.2, 0.25) is 0 Å². The minimum absolute atomic E-state index is 0.606. The van der Waals surface area contributed by atoms with Crippen molar-refractivity contribution in [1.82, 2.24) is 0 Å². The van der Waals surface area contributed by atoms with E-state index in [0.717, 1.165) is 0 Å². The third kappa shape index (κ3) is 8.29. The summed E-state index contributed by atoms with van der Waals surface area (Å²) < 4.78 is 9.66. The van der Waals surface area contributed by atoms with Crippen LogP contribution in [0.2, 0.25) is 0 Å². The molecule has 0 aliphatic rings. The van der Waals surface area contributed by atoms with Crippen LogP contribution in [0.5, 0.6) is 0 Å². The molecule has 0 radical (unpaired) electrons. The van der Waals surface area contributed by atoms with Gasteiger partial charge in [-0.1, -0.05) is 0 Å². The van der Waals surface area contributed by atoms with Crippen molar-refractivity contribution in [3.63, 3.8) is 0 Å². The zero-order valence-electron chi connectivity index (χ0n) is 10.7. The highest BCUT2D eigenvalue weighted by molar-refractivity contribution is 5.88. The molecule has 5 nitrogen and oxygen atoms in total. The summed E-state index contributed by atoms with van der Waals surface area (Å²) in [5.41, 5.74) is -0.606. The quantitative estimate of drug-likeness (QED) is 0.437. The van der Waals surface area contributed by atoms with Crippen molar-refractivity contribution < 1.29 is 24.2 Å². The van der Waals surface area contributed by atoms with Crippen LogP contribution in [0, 0.1) is 11.8 Å². The topological polar surface area (TPSA) is 72.8 Å². The SMILES string of the molecule is CC(C#CC(=O)OC(C)(C)C)OC(=O)C(C)O. The van der Waals surface area contributed by atoms with Gasteiger partial charge in [-0.3, -0.25) is 0 Å². The highest BCUT2D eigenvalue weighted by Gasteiger charge is 2.15. The van der Waals surface area contributed by atoms with Crippen molar-refractivity contribution in [3.05, 3.63) is 0 Å². The number of ether oxygens (including phenoxy) is 2. The van der Waals surface area contributed by atoms with E-state index in [9.17, 15) is 9.59 Å². The molecule has 0 heterocycles. The fraction of sp³-hybridized carbons (Fsp3) is 0.667. The largest absolute Gasteiger partial charge is 0.450 e. The summed E-state index contributed by atoms with van der Waals surface area (Å²) >= 11 is 0. The molecular weight excluding hydrogens is 224 g/mol. The van der Waals surface area contributed by atoms with E-state index >= 15 is 0 Å². The molecule has 0 aromatic carbocycles. The standard InChI is InChI=1S/C12H18O5/c1-8(16-11(15)9(2)13)6-7-10(14)17-12(3,4)5/h8-9,13H,1-5H3. The van der Waals surface area contributed by atoms with Crippen LogP contribution in [-0.2, 0) is 19.1 Å². The van der Waals surface area contributed by atoms with Gasteiger partial charge in [0.15, 0.2) is 6.10 Å². The van der Waals surface area contributed by atoms with Crippen LogP contribution < -0.4 is 0 Å². The van der Waals surface area contributed by atoms with Gasteiger partial charge in [0, 0.05) is 5.92 Å². The van der Waals surface area contributed by atoms with Crippen molar-refractivity contribution in [1.29, 1.82) is 0 Å². The average Bonchev–Trinajstić information content (AvgIpc) is 2.11. The maximum absolute atomic E-state index is 11.2. The molecule has 0 aromatic heterocycles. The second kappa shape index (κ2) is 6.26. The van der Waals surface area contributed by atoms with Crippen molar-refractivity contribution in [2.45, 2.75) is 52.4 Å². The first-order valence-electron chi connectivity index (χ1n) is 5.25. The number of hydrogen-bond acceptors (Lipinski definition) is 5. The van der Waals surface area contributed by atoms with Gasteiger partial charge in [-0.15, -0.1) is 0 Å². The molecule has 17 heavy (non-hydrogen) atoms. The second-order valence-electron chi connectivity index (χ2n) is 4.53. The molecule has 0 aliphatic carbocycles. The monoisotopic (exact) mass is 242 g/mol. The van der Waals surface area contributed by atoms with E-state index in [1.54, 1.807) is 20.8 Å². The van der Waals surface area contributed by atoms with Crippen molar-refractivity contribution in [2.75, 3.05) is 0 Å². The van der Waals surface area contributed by atoms with Gasteiger partial charge >= 0.3 is 11.9 Å². The molecule has 1 N–H and O–H groups in total. The highest BCUT2D eigenvalue weighted by Crippen LogP contribution is 2.06. The van der Waals surface area contributed by atoms with E-state index < -0.39 is 29.7 Å². The predicted molar refractivity (Wildman–Crippen MR) is 60.9 cm³/mol. The minimum atomic E-state index is -1.21. The molecule has 5 heteroatoms. The summed E-state index contributed by atoms with van der Waals surface area (Å²) in [6.07, 6.45) is -1.98. The molecular formula is C12H18O5. The molecule has 2 unspecified atom stereocenters. The van der Waals surface area contributed by atoms with Crippen LogP contribution >= 0.6 is 0 Å². The summed E-state index contributed by atoms with van der Waals surface area (Å²) in [6, 6.07) is 0. The number of aliphatic hydroxyl groups is 1. The number of esters is 2.